The fourth-order valence-corrected chi connectivity index (χ4v) is 0.834. The molecule has 4 N–H and O–H groups in total. The van der Waals surface area contributed by atoms with Gasteiger partial charge in [-0.05, 0) is 12.3 Å². The van der Waals surface area contributed by atoms with Crippen LogP contribution < -0.4 is 22.4 Å². The van der Waals surface area contributed by atoms with Crippen molar-refractivity contribution in [1.82, 2.24) is 15.0 Å². The molecule has 0 amide bonds. The Balaban J connectivity index is 0.000000162. The van der Waals surface area contributed by atoms with Gasteiger partial charge in [-0.2, -0.15) is 0 Å². The molecule has 0 radical (unpaired) electrons. The Morgan fingerprint density at radius 3 is 2.47 bits per heavy atom. The number of aromatic amines is 1. The molecular weight excluding hydrogens is 196 g/mol. The molecule has 0 unspecified atom stereocenters. The monoisotopic (exact) mass is 208 g/mol. The molecule has 15 heavy (non-hydrogen) atoms. The Bertz CT molecular complexity index is 457. The number of aromatic nitrogens is 2. The van der Waals surface area contributed by atoms with Crippen molar-refractivity contribution in [3.63, 3.8) is 0 Å². The van der Waals surface area contributed by atoms with E-state index in [2.05, 4.69) is 11.4 Å². The zero-order chi connectivity index (χ0) is 11.1. The normalized spacial score (nSPS) is 12.5. The average Bonchev–Trinajstić information content (AvgIpc) is 2.27. The van der Waals surface area contributed by atoms with Gasteiger partial charge in [-0.1, -0.05) is 12.2 Å². The average molecular weight is 208 g/mol. The molecule has 2 rings (SSSR count). The third kappa shape index (κ3) is 3.99. The lowest BCUT2D eigenvalue weighted by Gasteiger charge is -1.94. The van der Waals surface area contributed by atoms with Crippen LogP contribution in [0.3, 0.4) is 0 Å². The summed E-state index contributed by atoms with van der Waals surface area (Å²) in [7, 11) is 0. The Morgan fingerprint density at radius 2 is 2.13 bits per heavy atom. The van der Waals surface area contributed by atoms with Crippen LogP contribution in [-0.2, 0) is 0 Å². The van der Waals surface area contributed by atoms with Crippen LogP contribution in [0.5, 0.6) is 0 Å². The molecule has 1 aromatic rings. The summed E-state index contributed by atoms with van der Waals surface area (Å²) < 4.78 is 0.793. The fourth-order valence-electron chi connectivity index (χ4n) is 0.834. The second kappa shape index (κ2) is 5.48. The van der Waals surface area contributed by atoms with E-state index >= 15 is 0 Å². The predicted molar refractivity (Wildman–Crippen MR) is 57.8 cm³/mol. The number of hydrogen-bond donors (Lipinski definition) is 3. The summed E-state index contributed by atoms with van der Waals surface area (Å²) in [5, 5.41) is 3.02. The minimum Gasteiger partial charge on any atom is -0.387 e. The molecule has 2 heterocycles. The molecule has 0 fully saturated rings. The van der Waals surface area contributed by atoms with Crippen LogP contribution in [0.25, 0.3) is 0 Å². The van der Waals surface area contributed by atoms with E-state index in [4.69, 9.17) is 5.84 Å². The lowest BCUT2D eigenvalue weighted by atomic mass is 10.4. The van der Waals surface area contributed by atoms with Gasteiger partial charge in [0, 0.05) is 18.8 Å². The highest BCUT2D eigenvalue weighted by molar-refractivity contribution is 5.06. The molecule has 0 bridgehead atoms. The molecule has 0 spiro atoms. The van der Waals surface area contributed by atoms with Crippen LogP contribution in [0, 0.1) is 0 Å². The fraction of sp³-hybridized carbons (Fsp3) is 0.111. The molecule has 1 aliphatic rings. The van der Waals surface area contributed by atoms with Gasteiger partial charge in [-0.15, -0.1) is 0 Å². The lowest BCUT2D eigenvalue weighted by molar-refractivity contribution is 0.856. The summed E-state index contributed by atoms with van der Waals surface area (Å²) >= 11 is 0. The molecule has 6 nitrogen and oxygen atoms in total. The first-order valence-corrected chi connectivity index (χ1v) is 4.32. The van der Waals surface area contributed by atoms with E-state index in [9.17, 15) is 9.59 Å². The summed E-state index contributed by atoms with van der Waals surface area (Å²) in [4.78, 5) is 22.7. The first-order chi connectivity index (χ1) is 7.20. The number of nitrogens with zero attached hydrogens (tertiary/aromatic N) is 1. The topological polar surface area (TPSA) is 92.9 Å². The summed E-state index contributed by atoms with van der Waals surface area (Å²) in [6.45, 7) is 0.983. The highest BCUT2D eigenvalue weighted by atomic mass is 16.2. The standard InChI is InChI=1S/C5H7N.C4H5N3O2/c1-2-4-6-5-3-1;5-7-2-1-3(8)6-4(7)9/h1-4,6H,5H2;1-2H,5H2,(H,6,8,9). The van der Waals surface area contributed by atoms with Crippen LogP contribution in [0.2, 0.25) is 0 Å². The third-order valence-electron chi connectivity index (χ3n) is 1.55. The number of nitrogens with one attached hydrogen (secondary N) is 2. The third-order valence-corrected chi connectivity index (χ3v) is 1.55. The molecule has 6 heteroatoms. The van der Waals surface area contributed by atoms with Gasteiger partial charge < -0.3 is 11.2 Å². The quantitative estimate of drug-likeness (QED) is 0.472. The van der Waals surface area contributed by atoms with Crippen LogP contribution in [-0.4, -0.2) is 16.2 Å². The van der Waals surface area contributed by atoms with Crippen molar-refractivity contribution in [1.29, 1.82) is 0 Å². The summed E-state index contributed by atoms with van der Waals surface area (Å²) in [6.07, 6.45) is 9.20. The van der Waals surface area contributed by atoms with Gasteiger partial charge in [0.05, 0.1) is 0 Å². The predicted octanol–water partition coefficient (Wildman–Crippen LogP) is -1.09. The van der Waals surface area contributed by atoms with Crippen molar-refractivity contribution >= 4 is 0 Å². The lowest BCUT2D eigenvalue weighted by Crippen LogP contribution is -2.33. The van der Waals surface area contributed by atoms with Crippen molar-refractivity contribution in [2.75, 3.05) is 12.4 Å². The summed E-state index contributed by atoms with van der Waals surface area (Å²) in [5.74, 6) is 5.02. The maximum atomic E-state index is 10.4. The maximum absolute atomic E-state index is 10.4. The number of allylic oxidation sites excluding steroid dienone is 2. The van der Waals surface area contributed by atoms with Crippen LogP contribution in [0.15, 0.2) is 46.3 Å². The van der Waals surface area contributed by atoms with Gasteiger partial charge in [-0.25, -0.2) is 9.47 Å². The van der Waals surface area contributed by atoms with Gasteiger partial charge in [0.25, 0.3) is 5.56 Å². The zero-order valence-electron chi connectivity index (χ0n) is 8.01. The Kier molecular flexibility index (Phi) is 3.96. The largest absolute Gasteiger partial charge is 0.387 e. The highest BCUT2D eigenvalue weighted by Crippen LogP contribution is 1.78. The molecule has 80 valence electrons. The van der Waals surface area contributed by atoms with E-state index in [1.807, 2.05) is 23.3 Å². The molecule has 0 aliphatic carbocycles. The Morgan fingerprint density at radius 1 is 1.33 bits per heavy atom. The number of nitrogens with two attached hydrogens (primary N) is 1. The number of nitrogen functional groups attached to an aromatic ring is 1. The number of dihydropyridines is 1. The van der Waals surface area contributed by atoms with E-state index in [1.165, 1.54) is 12.3 Å². The molecule has 0 aromatic carbocycles. The highest BCUT2D eigenvalue weighted by Gasteiger charge is 1.86. The molecule has 0 saturated heterocycles. The van der Waals surface area contributed by atoms with E-state index in [0.717, 1.165) is 11.2 Å². The summed E-state index contributed by atoms with van der Waals surface area (Å²) in [6, 6.07) is 1.17. The van der Waals surface area contributed by atoms with Crippen molar-refractivity contribution in [2.24, 2.45) is 0 Å². The van der Waals surface area contributed by atoms with Gasteiger partial charge in [0.2, 0.25) is 0 Å². The smallest absolute Gasteiger partial charge is 0.346 e. The number of hydrogen-bond acceptors (Lipinski definition) is 4. The van der Waals surface area contributed by atoms with Crippen molar-refractivity contribution in [2.45, 2.75) is 0 Å². The second-order valence-electron chi connectivity index (χ2n) is 2.71. The van der Waals surface area contributed by atoms with Gasteiger partial charge in [0.1, 0.15) is 0 Å². The number of rotatable bonds is 0. The van der Waals surface area contributed by atoms with E-state index in [-0.39, 0.29) is 0 Å². The van der Waals surface area contributed by atoms with E-state index in [1.54, 1.807) is 0 Å². The second-order valence-corrected chi connectivity index (χ2v) is 2.71. The molecule has 1 aliphatic heterocycles. The zero-order valence-corrected chi connectivity index (χ0v) is 8.01. The van der Waals surface area contributed by atoms with Crippen LogP contribution in [0.1, 0.15) is 0 Å². The van der Waals surface area contributed by atoms with Crippen molar-refractivity contribution in [3.05, 3.63) is 57.5 Å². The number of H-pyrrole nitrogens is 1. The maximum Gasteiger partial charge on any atom is 0.346 e. The molecule has 0 saturated carbocycles. The van der Waals surface area contributed by atoms with Crippen LogP contribution >= 0.6 is 0 Å². The minimum atomic E-state index is -0.609. The van der Waals surface area contributed by atoms with Gasteiger partial charge in [-0.3, -0.25) is 9.78 Å². The Labute approximate surface area is 85.7 Å². The minimum absolute atomic E-state index is 0.443. The van der Waals surface area contributed by atoms with Gasteiger partial charge in [0.15, 0.2) is 0 Å². The summed E-state index contributed by atoms with van der Waals surface area (Å²) in [5.41, 5.74) is -1.05. The first-order valence-electron chi connectivity index (χ1n) is 4.32. The van der Waals surface area contributed by atoms with Crippen LogP contribution in [0.4, 0.5) is 0 Å². The molecule has 1 aromatic heterocycles. The SMILES string of the molecule is C1=CCNC=C1.Nn1ccc(=O)[nH]c1=O. The molecular formula is C9H12N4O2. The van der Waals surface area contributed by atoms with Crippen molar-refractivity contribution < 1.29 is 0 Å². The first kappa shape index (κ1) is 10.8. The van der Waals surface area contributed by atoms with Gasteiger partial charge >= 0.3 is 5.69 Å². The molecule has 0 atom stereocenters. The Hall–Kier alpha value is -2.24. The van der Waals surface area contributed by atoms with Crippen molar-refractivity contribution in [3.8, 4) is 0 Å². The van der Waals surface area contributed by atoms with E-state index in [0.29, 0.717) is 0 Å². The van der Waals surface area contributed by atoms with E-state index < -0.39 is 11.2 Å².